The smallest absolute Gasteiger partial charge is 0.379 e. The van der Waals surface area contributed by atoms with Crippen molar-refractivity contribution in [3.8, 4) is 17.3 Å². The summed E-state index contributed by atoms with van der Waals surface area (Å²) in [5.41, 5.74) is -3.23. The molecule has 2 N–H and O–H groups in total. The fourth-order valence-electron chi connectivity index (χ4n) is 3.20. The molecule has 2 unspecified atom stereocenters. The summed E-state index contributed by atoms with van der Waals surface area (Å²) < 4.78 is 79.9. The van der Waals surface area contributed by atoms with Crippen molar-refractivity contribution in [1.29, 1.82) is 5.26 Å². The highest BCUT2D eigenvalue weighted by Gasteiger charge is 2.56. The first-order valence-electron chi connectivity index (χ1n) is 9.18. The van der Waals surface area contributed by atoms with Gasteiger partial charge in [0.15, 0.2) is 17.1 Å². The number of benzene rings is 1. The van der Waals surface area contributed by atoms with Crippen LogP contribution in [0.3, 0.4) is 0 Å². The molecular formula is C19H17ClF4N4O3S. The maximum Gasteiger partial charge on any atom is 0.418 e. The van der Waals surface area contributed by atoms with Crippen molar-refractivity contribution >= 4 is 21.6 Å². The third-order valence-corrected chi connectivity index (χ3v) is 7.37. The van der Waals surface area contributed by atoms with Crippen molar-refractivity contribution in [2.75, 3.05) is 19.6 Å². The van der Waals surface area contributed by atoms with Crippen LogP contribution in [-0.4, -0.2) is 60.3 Å². The number of sulfonamides is 1. The van der Waals surface area contributed by atoms with Crippen molar-refractivity contribution in [3.05, 3.63) is 46.9 Å². The summed E-state index contributed by atoms with van der Waals surface area (Å²) in [4.78, 5) is 3.56. The minimum Gasteiger partial charge on any atom is -0.379 e. The zero-order valence-corrected chi connectivity index (χ0v) is 18.1. The van der Waals surface area contributed by atoms with Gasteiger partial charge in [-0.25, -0.2) is 17.8 Å². The number of nitrogens with zero attached hydrogens (tertiary/aromatic N) is 3. The van der Waals surface area contributed by atoms with E-state index in [0.29, 0.717) is 6.92 Å². The van der Waals surface area contributed by atoms with Gasteiger partial charge < -0.3 is 10.4 Å². The second kappa shape index (κ2) is 8.57. The number of nitrogens with one attached hydrogen (secondary N) is 1. The van der Waals surface area contributed by atoms with Crippen molar-refractivity contribution in [2.24, 2.45) is 0 Å². The Bertz CT molecular complexity index is 1180. The van der Waals surface area contributed by atoms with Crippen LogP contribution >= 0.6 is 11.6 Å². The van der Waals surface area contributed by atoms with Gasteiger partial charge in [-0.05, 0) is 37.3 Å². The summed E-state index contributed by atoms with van der Waals surface area (Å²) in [5.74, 6) is -0.824. The predicted molar refractivity (Wildman–Crippen MR) is 107 cm³/mol. The molecule has 1 aliphatic heterocycles. The van der Waals surface area contributed by atoms with E-state index in [1.807, 2.05) is 0 Å². The highest BCUT2D eigenvalue weighted by atomic mass is 35.5. The quantitative estimate of drug-likeness (QED) is 0.636. The minimum atomic E-state index is -4.97. The summed E-state index contributed by atoms with van der Waals surface area (Å²) in [5, 5.41) is 21.3. The van der Waals surface area contributed by atoms with E-state index in [0.717, 1.165) is 16.4 Å². The molecule has 0 bridgehead atoms. The highest BCUT2D eigenvalue weighted by Crippen LogP contribution is 2.35. The maximum absolute atomic E-state index is 13.5. The zero-order chi connectivity index (χ0) is 23.9. The Labute approximate surface area is 186 Å². The Balaban J connectivity index is 1.91. The van der Waals surface area contributed by atoms with Gasteiger partial charge in [0.2, 0.25) is 10.0 Å². The minimum absolute atomic E-state index is 0.0666. The number of hydrogen-bond acceptors (Lipinski definition) is 6. The van der Waals surface area contributed by atoms with E-state index in [9.17, 15) is 31.1 Å². The van der Waals surface area contributed by atoms with E-state index in [2.05, 4.69) is 10.3 Å². The molecule has 1 fully saturated rings. The maximum atomic E-state index is 13.5. The lowest BCUT2D eigenvalue weighted by atomic mass is 9.94. The second-order valence-corrected chi connectivity index (χ2v) is 9.64. The van der Waals surface area contributed by atoms with Crippen LogP contribution in [0, 0.1) is 17.1 Å². The molecule has 0 spiro atoms. The van der Waals surface area contributed by atoms with Crippen LogP contribution < -0.4 is 5.32 Å². The molecule has 3 rings (SSSR count). The predicted octanol–water partition coefficient (Wildman–Crippen LogP) is 2.69. The molecular weight excluding hydrogens is 476 g/mol. The van der Waals surface area contributed by atoms with Crippen LogP contribution in [0.15, 0.2) is 35.2 Å². The van der Waals surface area contributed by atoms with E-state index >= 15 is 0 Å². The van der Waals surface area contributed by atoms with Crippen LogP contribution in [0.25, 0.3) is 11.3 Å². The third kappa shape index (κ3) is 4.44. The normalized spacial score (nSPS) is 19.9. The average molecular weight is 493 g/mol. The number of piperazine rings is 1. The summed E-state index contributed by atoms with van der Waals surface area (Å²) in [6.45, 7) is -0.244. The number of rotatable bonds is 4. The standard InChI is InChI=1S/C19H17ClF4N4O3S/c1-18(29,19(22,23)24)17-10-28(7-6-26-17)32(30,31)11-2-3-12(13(20)8-11)15-5-4-14(21)16(9-25)27-15/h2-5,8,17,26,29H,6-7,10H2,1H3. The SMILES string of the molecule is CC(O)(C1CN(S(=O)(=O)c2ccc(-c3ccc(F)c(C#N)n3)c(Cl)c2)CCN1)C(F)(F)F. The van der Waals surface area contributed by atoms with Gasteiger partial charge in [0.25, 0.3) is 0 Å². The number of nitriles is 1. The van der Waals surface area contributed by atoms with E-state index < -0.39 is 45.9 Å². The summed E-state index contributed by atoms with van der Waals surface area (Å²) in [7, 11) is -4.24. The monoisotopic (exact) mass is 492 g/mol. The lowest BCUT2D eigenvalue weighted by Gasteiger charge is -2.41. The molecule has 0 amide bonds. The molecule has 1 saturated heterocycles. The number of alkyl halides is 3. The van der Waals surface area contributed by atoms with E-state index in [4.69, 9.17) is 16.9 Å². The van der Waals surface area contributed by atoms with Crippen LogP contribution in [0.2, 0.25) is 5.02 Å². The topological polar surface area (TPSA) is 106 Å². The van der Waals surface area contributed by atoms with Crippen molar-refractivity contribution in [2.45, 2.75) is 29.6 Å². The molecule has 0 radical (unpaired) electrons. The van der Waals surface area contributed by atoms with Gasteiger partial charge in [-0.2, -0.15) is 22.7 Å². The Hall–Kier alpha value is -2.30. The molecule has 0 aliphatic carbocycles. The van der Waals surface area contributed by atoms with Gasteiger partial charge in [0, 0.05) is 25.2 Å². The van der Waals surface area contributed by atoms with Gasteiger partial charge >= 0.3 is 6.18 Å². The Kier molecular flexibility index (Phi) is 6.52. The van der Waals surface area contributed by atoms with Gasteiger partial charge in [-0.15, -0.1) is 0 Å². The Morgan fingerprint density at radius 1 is 1.31 bits per heavy atom. The molecule has 2 heterocycles. The molecule has 1 aliphatic rings. The Morgan fingerprint density at radius 3 is 2.59 bits per heavy atom. The molecule has 2 aromatic rings. The first-order valence-corrected chi connectivity index (χ1v) is 11.0. The first kappa shape index (κ1) is 24.3. The summed E-state index contributed by atoms with van der Waals surface area (Å²) in [6, 6.07) is 5.90. The zero-order valence-electron chi connectivity index (χ0n) is 16.5. The molecule has 0 saturated carbocycles. The lowest BCUT2D eigenvalue weighted by Crippen LogP contribution is -2.65. The molecule has 1 aromatic heterocycles. The van der Waals surface area contributed by atoms with Crippen molar-refractivity contribution in [3.63, 3.8) is 0 Å². The fraction of sp³-hybridized carbons (Fsp3) is 0.368. The molecule has 32 heavy (non-hydrogen) atoms. The van der Waals surface area contributed by atoms with Gasteiger partial charge in [0.05, 0.1) is 21.7 Å². The number of halogens is 5. The highest BCUT2D eigenvalue weighted by molar-refractivity contribution is 7.89. The van der Waals surface area contributed by atoms with Crippen LogP contribution in [-0.2, 0) is 10.0 Å². The van der Waals surface area contributed by atoms with E-state index in [-0.39, 0.29) is 34.3 Å². The van der Waals surface area contributed by atoms with Gasteiger partial charge in [-0.3, -0.25) is 0 Å². The second-order valence-electron chi connectivity index (χ2n) is 7.30. The van der Waals surface area contributed by atoms with Crippen LogP contribution in [0.4, 0.5) is 17.6 Å². The molecule has 13 heteroatoms. The van der Waals surface area contributed by atoms with Crippen LogP contribution in [0.5, 0.6) is 0 Å². The number of aromatic nitrogens is 1. The molecule has 2 atom stereocenters. The van der Waals surface area contributed by atoms with E-state index in [1.54, 1.807) is 6.07 Å². The lowest BCUT2D eigenvalue weighted by molar-refractivity contribution is -0.264. The molecule has 172 valence electrons. The first-order chi connectivity index (χ1) is 14.8. The van der Waals surface area contributed by atoms with E-state index in [1.165, 1.54) is 18.2 Å². The largest absolute Gasteiger partial charge is 0.418 e. The van der Waals surface area contributed by atoms with Crippen molar-refractivity contribution in [1.82, 2.24) is 14.6 Å². The van der Waals surface area contributed by atoms with Gasteiger partial charge in [0.1, 0.15) is 6.07 Å². The molecule has 7 nitrogen and oxygen atoms in total. The average Bonchev–Trinajstić information content (AvgIpc) is 2.73. The fourth-order valence-corrected chi connectivity index (χ4v) is 5.02. The number of hydrogen-bond donors (Lipinski definition) is 2. The van der Waals surface area contributed by atoms with Gasteiger partial charge in [-0.1, -0.05) is 11.6 Å². The number of pyridine rings is 1. The third-order valence-electron chi connectivity index (χ3n) is 5.20. The molecule has 1 aromatic carbocycles. The van der Waals surface area contributed by atoms with Crippen molar-refractivity contribution < 1.29 is 31.1 Å². The van der Waals surface area contributed by atoms with Crippen LogP contribution in [0.1, 0.15) is 12.6 Å². The summed E-state index contributed by atoms with van der Waals surface area (Å²) in [6.07, 6.45) is -4.97. The number of aliphatic hydroxyl groups is 1. The summed E-state index contributed by atoms with van der Waals surface area (Å²) >= 11 is 6.20. The Morgan fingerprint density at radius 2 is 2.00 bits per heavy atom.